The van der Waals surface area contributed by atoms with Gasteiger partial charge in [-0.2, -0.15) is 0 Å². The summed E-state index contributed by atoms with van der Waals surface area (Å²) in [4.78, 5) is 14.7. The van der Waals surface area contributed by atoms with Gasteiger partial charge in [0.1, 0.15) is 12.3 Å². The first-order valence-electron chi connectivity index (χ1n) is 10.5. The van der Waals surface area contributed by atoms with Crippen LogP contribution in [0.25, 0.3) is 0 Å². The van der Waals surface area contributed by atoms with E-state index >= 15 is 0 Å². The van der Waals surface area contributed by atoms with Crippen LogP contribution in [0.15, 0.2) is 48.5 Å². The van der Waals surface area contributed by atoms with Crippen molar-refractivity contribution in [2.24, 2.45) is 0 Å². The van der Waals surface area contributed by atoms with Crippen molar-refractivity contribution >= 4 is 27.3 Å². The molecule has 0 spiro atoms. The number of ether oxygens (including phenoxy) is 1. The molecule has 2 aromatic carbocycles. The highest BCUT2D eigenvalue weighted by Crippen LogP contribution is 2.22. The number of amides is 1. The smallest absolute Gasteiger partial charge is 0.241 e. The van der Waals surface area contributed by atoms with Crippen molar-refractivity contribution in [2.45, 2.75) is 40.3 Å². The number of nitrogens with zero attached hydrogens (tertiary/aromatic N) is 2. The zero-order valence-electron chi connectivity index (χ0n) is 19.0. The van der Waals surface area contributed by atoms with Gasteiger partial charge in [-0.05, 0) is 69.7 Å². The predicted octanol–water partition coefficient (Wildman–Crippen LogP) is 3.40. The third-order valence-corrected chi connectivity index (χ3v) is 5.88. The van der Waals surface area contributed by atoms with E-state index in [1.807, 2.05) is 38.1 Å². The van der Waals surface area contributed by atoms with Gasteiger partial charge in [0.15, 0.2) is 0 Å². The van der Waals surface area contributed by atoms with Gasteiger partial charge in [-0.1, -0.05) is 12.1 Å². The summed E-state index contributed by atoms with van der Waals surface area (Å²) in [5, 5.41) is 2.80. The SMILES string of the molecule is CCN(CC)c1ccc(CNC(=O)CN(c2ccc(OC(C)C)cc2)S(C)(=O)=O)cc1. The fourth-order valence-electron chi connectivity index (χ4n) is 3.16. The molecular formula is C23H33N3O4S. The lowest BCUT2D eigenvalue weighted by Gasteiger charge is -2.22. The molecule has 0 unspecified atom stereocenters. The zero-order chi connectivity index (χ0) is 23.0. The number of anilines is 2. The number of nitrogens with one attached hydrogen (secondary N) is 1. The van der Waals surface area contributed by atoms with Gasteiger partial charge < -0.3 is 15.0 Å². The molecule has 0 atom stereocenters. The third kappa shape index (κ3) is 7.47. The minimum absolute atomic E-state index is 0.0173. The molecule has 2 rings (SSSR count). The Hall–Kier alpha value is -2.74. The summed E-state index contributed by atoms with van der Waals surface area (Å²) in [6.45, 7) is 9.94. The van der Waals surface area contributed by atoms with Crippen LogP contribution in [0.3, 0.4) is 0 Å². The maximum atomic E-state index is 12.5. The van der Waals surface area contributed by atoms with Crippen molar-refractivity contribution < 1.29 is 17.9 Å². The van der Waals surface area contributed by atoms with E-state index in [1.165, 1.54) is 0 Å². The molecule has 1 N–H and O–H groups in total. The van der Waals surface area contributed by atoms with E-state index in [4.69, 9.17) is 4.74 Å². The Morgan fingerprint density at radius 1 is 0.968 bits per heavy atom. The lowest BCUT2D eigenvalue weighted by molar-refractivity contribution is -0.119. The standard InChI is InChI=1S/C23H33N3O4S/c1-6-25(7-2)20-10-8-19(9-11-20)16-24-23(27)17-26(31(5,28)29)21-12-14-22(15-13-21)30-18(3)4/h8-15,18H,6-7,16-17H2,1-5H3,(H,24,27). The van der Waals surface area contributed by atoms with Gasteiger partial charge >= 0.3 is 0 Å². The van der Waals surface area contributed by atoms with E-state index in [0.29, 0.717) is 18.0 Å². The molecule has 0 radical (unpaired) electrons. The van der Waals surface area contributed by atoms with Crippen molar-refractivity contribution in [3.63, 3.8) is 0 Å². The Bertz CT molecular complexity index is 938. The van der Waals surface area contributed by atoms with Gasteiger partial charge in [0.25, 0.3) is 0 Å². The van der Waals surface area contributed by atoms with Gasteiger partial charge in [0.05, 0.1) is 18.0 Å². The number of sulfonamides is 1. The minimum Gasteiger partial charge on any atom is -0.491 e. The molecule has 0 aromatic heterocycles. The van der Waals surface area contributed by atoms with E-state index in [2.05, 4.69) is 24.1 Å². The van der Waals surface area contributed by atoms with Gasteiger partial charge in [-0.25, -0.2) is 8.42 Å². The molecule has 0 bridgehead atoms. The summed E-state index contributed by atoms with van der Waals surface area (Å²) < 4.78 is 31.2. The molecule has 0 heterocycles. The lowest BCUT2D eigenvalue weighted by atomic mass is 10.2. The Kier molecular flexibility index (Phi) is 8.74. The zero-order valence-corrected chi connectivity index (χ0v) is 19.8. The van der Waals surface area contributed by atoms with Crippen molar-refractivity contribution in [1.29, 1.82) is 0 Å². The van der Waals surface area contributed by atoms with Crippen LogP contribution in [0.1, 0.15) is 33.3 Å². The first-order chi connectivity index (χ1) is 14.6. The molecular weight excluding hydrogens is 414 g/mol. The maximum Gasteiger partial charge on any atom is 0.241 e. The lowest BCUT2D eigenvalue weighted by Crippen LogP contribution is -2.40. The summed E-state index contributed by atoms with van der Waals surface area (Å²) in [5.74, 6) is 0.269. The summed E-state index contributed by atoms with van der Waals surface area (Å²) in [6, 6.07) is 14.7. The van der Waals surface area contributed by atoms with E-state index < -0.39 is 10.0 Å². The topological polar surface area (TPSA) is 79.0 Å². The normalized spacial score (nSPS) is 11.3. The second kappa shape index (κ2) is 11.0. The molecule has 0 saturated carbocycles. The number of hydrogen-bond acceptors (Lipinski definition) is 5. The minimum atomic E-state index is -3.63. The van der Waals surface area contributed by atoms with Crippen molar-refractivity contribution in [1.82, 2.24) is 5.32 Å². The van der Waals surface area contributed by atoms with Gasteiger partial charge in [0.2, 0.25) is 15.9 Å². The molecule has 31 heavy (non-hydrogen) atoms. The van der Waals surface area contributed by atoms with Crippen LogP contribution < -0.4 is 19.3 Å². The Labute approximate surface area is 186 Å². The molecule has 0 aliphatic rings. The van der Waals surface area contributed by atoms with Crippen molar-refractivity contribution in [3.05, 3.63) is 54.1 Å². The number of rotatable bonds is 11. The summed E-state index contributed by atoms with van der Waals surface area (Å²) >= 11 is 0. The Morgan fingerprint density at radius 3 is 2.00 bits per heavy atom. The predicted molar refractivity (Wildman–Crippen MR) is 126 cm³/mol. The third-order valence-electron chi connectivity index (χ3n) is 4.74. The fraction of sp³-hybridized carbons (Fsp3) is 0.435. The van der Waals surface area contributed by atoms with Crippen LogP contribution in [0.4, 0.5) is 11.4 Å². The molecule has 170 valence electrons. The molecule has 8 heteroatoms. The Balaban J connectivity index is 2.01. The quantitative estimate of drug-likeness (QED) is 0.571. The molecule has 0 saturated heterocycles. The first kappa shape index (κ1) is 24.5. The largest absolute Gasteiger partial charge is 0.491 e. The van der Waals surface area contributed by atoms with Gasteiger partial charge in [0, 0.05) is 25.3 Å². The van der Waals surface area contributed by atoms with E-state index in [0.717, 1.165) is 34.9 Å². The molecule has 0 fully saturated rings. The number of hydrogen-bond donors (Lipinski definition) is 1. The maximum absolute atomic E-state index is 12.5. The first-order valence-corrected chi connectivity index (χ1v) is 12.3. The second-order valence-corrected chi connectivity index (χ2v) is 9.45. The van der Waals surface area contributed by atoms with Crippen LogP contribution in [0.2, 0.25) is 0 Å². The van der Waals surface area contributed by atoms with Crippen LogP contribution in [-0.2, 0) is 21.4 Å². The number of carbonyl (C=O) groups is 1. The highest BCUT2D eigenvalue weighted by atomic mass is 32.2. The monoisotopic (exact) mass is 447 g/mol. The van der Waals surface area contributed by atoms with Gasteiger partial charge in [-0.3, -0.25) is 9.10 Å². The van der Waals surface area contributed by atoms with Crippen LogP contribution in [0, 0.1) is 0 Å². The van der Waals surface area contributed by atoms with Crippen molar-refractivity contribution in [3.8, 4) is 5.75 Å². The average molecular weight is 448 g/mol. The van der Waals surface area contributed by atoms with Crippen molar-refractivity contribution in [2.75, 3.05) is 35.1 Å². The highest BCUT2D eigenvalue weighted by molar-refractivity contribution is 7.92. The summed E-state index contributed by atoms with van der Waals surface area (Å²) in [6.07, 6.45) is 1.11. The van der Waals surface area contributed by atoms with Crippen LogP contribution in [-0.4, -0.2) is 46.3 Å². The molecule has 2 aromatic rings. The van der Waals surface area contributed by atoms with E-state index in [-0.39, 0.29) is 18.6 Å². The van der Waals surface area contributed by atoms with Gasteiger partial charge in [-0.15, -0.1) is 0 Å². The Morgan fingerprint density at radius 2 is 1.52 bits per heavy atom. The molecule has 0 aliphatic carbocycles. The fourth-order valence-corrected chi connectivity index (χ4v) is 4.02. The van der Waals surface area contributed by atoms with Crippen LogP contribution >= 0.6 is 0 Å². The number of carbonyl (C=O) groups excluding carboxylic acids is 1. The molecule has 0 aliphatic heterocycles. The highest BCUT2D eigenvalue weighted by Gasteiger charge is 2.21. The summed E-state index contributed by atoms with van der Waals surface area (Å²) in [5.41, 5.74) is 2.50. The average Bonchev–Trinajstić information content (AvgIpc) is 2.72. The van der Waals surface area contributed by atoms with Crippen LogP contribution in [0.5, 0.6) is 5.75 Å². The van der Waals surface area contributed by atoms with E-state index in [1.54, 1.807) is 24.3 Å². The summed E-state index contributed by atoms with van der Waals surface area (Å²) in [7, 11) is -3.63. The molecule has 1 amide bonds. The van der Waals surface area contributed by atoms with E-state index in [9.17, 15) is 13.2 Å². The second-order valence-electron chi connectivity index (χ2n) is 7.55. The number of benzene rings is 2. The molecule has 7 nitrogen and oxygen atoms in total.